The third-order valence-electron chi connectivity index (χ3n) is 6.39. The number of aliphatic hydroxyl groups excluding tert-OH is 1. The number of aromatic nitrogens is 2. The van der Waals surface area contributed by atoms with Crippen molar-refractivity contribution in [3.8, 4) is 5.75 Å². The van der Waals surface area contributed by atoms with Crippen LogP contribution in [-0.2, 0) is 0 Å². The molecule has 3 heterocycles. The minimum atomic E-state index is 0.00984. The Hall–Kier alpha value is -2.67. The first-order valence-corrected chi connectivity index (χ1v) is 10.3. The van der Waals surface area contributed by atoms with Gasteiger partial charge in [-0.25, -0.2) is 9.97 Å². The Morgan fingerprint density at radius 3 is 2.76 bits per heavy atom. The highest BCUT2D eigenvalue weighted by Gasteiger charge is 2.48. The van der Waals surface area contributed by atoms with E-state index in [9.17, 15) is 9.90 Å². The van der Waals surface area contributed by atoms with Gasteiger partial charge in [0.25, 0.3) is 5.91 Å². The van der Waals surface area contributed by atoms with Crippen LogP contribution in [0.3, 0.4) is 0 Å². The fourth-order valence-electron chi connectivity index (χ4n) is 4.75. The fourth-order valence-corrected chi connectivity index (χ4v) is 4.75. The van der Waals surface area contributed by atoms with Gasteiger partial charge < -0.3 is 19.6 Å². The van der Waals surface area contributed by atoms with E-state index in [1.54, 1.807) is 12.5 Å². The highest BCUT2D eigenvalue weighted by Crippen LogP contribution is 2.45. The molecule has 2 aliphatic rings. The van der Waals surface area contributed by atoms with Gasteiger partial charge in [-0.1, -0.05) is 12.1 Å². The van der Waals surface area contributed by atoms with Gasteiger partial charge in [-0.2, -0.15) is 0 Å². The van der Waals surface area contributed by atoms with Crippen LogP contribution in [0.1, 0.15) is 30.1 Å². The van der Waals surface area contributed by atoms with Crippen LogP contribution in [0.25, 0.3) is 0 Å². The van der Waals surface area contributed by atoms with E-state index < -0.39 is 0 Å². The van der Waals surface area contributed by atoms with Crippen molar-refractivity contribution in [2.75, 3.05) is 44.3 Å². The summed E-state index contributed by atoms with van der Waals surface area (Å²) < 4.78 is 5.64. The molecule has 1 aromatic carbocycles. The molecule has 2 aliphatic heterocycles. The molecule has 1 unspecified atom stereocenters. The van der Waals surface area contributed by atoms with Crippen molar-refractivity contribution in [2.24, 2.45) is 11.3 Å². The second-order valence-corrected chi connectivity index (χ2v) is 7.91. The number of amides is 1. The average molecular weight is 396 g/mol. The molecule has 154 valence electrons. The first-order valence-electron chi connectivity index (χ1n) is 10.3. The maximum absolute atomic E-state index is 13.1. The Morgan fingerprint density at radius 2 is 2.07 bits per heavy atom. The molecule has 0 aliphatic carbocycles. The van der Waals surface area contributed by atoms with Gasteiger partial charge >= 0.3 is 0 Å². The molecule has 2 saturated heterocycles. The van der Waals surface area contributed by atoms with Crippen LogP contribution in [-0.4, -0.2) is 65.3 Å². The number of aliphatic hydroxyl groups is 1. The van der Waals surface area contributed by atoms with Crippen LogP contribution in [0.15, 0.2) is 42.9 Å². The molecule has 0 saturated carbocycles. The number of benzene rings is 1. The number of hydrogen-bond acceptors (Lipinski definition) is 6. The minimum absolute atomic E-state index is 0.00984. The van der Waals surface area contributed by atoms with Crippen LogP contribution in [0.4, 0.5) is 5.82 Å². The number of carbonyl (C=O) groups is 1. The quantitative estimate of drug-likeness (QED) is 0.835. The van der Waals surface area contributed by atoms with E-state index in [1.165, 1.54) is 0 Å². The first-order chi connectivity index (χ1) is 14.2. The molecular formula is C22H28N4O3. The Kier molecular flexibility index (Phi) is 5.67. The zero-order chi connectivity index (χ0) is 20.3. The number of rotatable bonds is 5. The van der Waals surface area contributed by atoms with Crippen LogP contribution >= 0.6 is 0 Å². The first kappa shape index (κ1) is 19.6. The summed E-state index contributed by atoms with van der Waals surface area (Å²) in [6.45, 7) is 5.62. The molecule has 1 atom stereocenters. The maximum Gasteiger partial charge on any atom is 0.257 e. The monoisotopic (exact) mass is 396 g/mol. The predicted molar refractivity (Wildman–Crippen MR) is 110 cm³/mol. The predicted octanol–water partition coefficient (Wildman–Crippen LogP) is 2.23. The third-order valence-corrected chi connectivity index (χ3v) is 6.39. The normalized spacial score (nSPS) is 20.8. The lowest BCUT2D eigenvalue weighted by atomic mass is 9.71. The lowest BCUT2D eigenvalue weighted by Crippen LogP contribution is -2.47. The maximum atomic E-state index is 13.1. The van der Waals surface area contributed by atoms with E-state index in [1.807, 2.05) is 42.2 Å². The molecule has 2 aromatic rings. The Balaban J connectivity index is 1.46. The SMILES string of the molecule is CCOc1ccccc1C(=O)N1CCC2(CC1)CN(c1ccncn1)CC2CO. The molecule has 1 N–H and O–H groups in total. The highest BCUT2D eigenvalue weighted by atomic mass is 16.5. The zero-order valence-electron chi connectivity index (χ0n) is 16.8. The highest BCUT2D eigenvalue weighted by molar-refractivity contribution is 5.97. The van der Waals surface area contributed by atoms with Crippen molar-refractivity contribution >= 4 is 11.7 Å². The largest absolute Gasteiger partial charge is 0.493 e. The van der Waals surface area contributed by atoms with E-state index in [0.717, 1.165) is 31.7 Å². The number of anilines is 1. The van der Waals surface area contributed by atoms with Crippen molar-refractivity contribution in [1.29, 1.82) is 0 Å². The standard InChI is InChI=1S/C22H28N4O3/c1-2-29-19-6-4-3-5-18(19)21(28)25-11-8-22(9-12-25)15-26(13-17(22)14-27)20-7-10-23-16-24-20/h3-7,10,16-17,27H,2,8-9,11-15H2,1H3. The van der Waals surface area contributed by atoms with Crippen LogP contribution in [0.2, 0.25) is 0 Å². The average Bonchev–Trinajstić information content (AvgIpc) is 3.13. The molecular weight excluding hydrogens is 368 g/mol. The fraction of sp³-hybridized carbons (Fsp3) is 0.500. The Bertz CT molecular complexity index is 837. The molecule has 0 radical (unpaired) electrons. The van der Waals surface area contributed by atoms with Crippen molar-refractivity contribution < 1.29 is 14.6 Å². The van der Waals surface area contributed by atoms with Crippen molar-refractivity contribution in [3.63, 3.8) is 0 Å². The molecule has 0 bridgehead atoms. The summed E-state index contributed by atoms with van der Waals surface area (Å²) in [4.78, 5) is 25.6. The van der Waals surface area contributed by atoms with Crippen molar-refractivity contribution in [1.82, 2.24) is 14.9 Å². The number of para-hydroxylation sites is 1. The second-order valence-electron chi connectivity index (χ2n) is 7.91. The number of carbonyl (C=O) groups excluding carboxylic acids is 1. The Labute approximate surface area is 171 Å². The van der Waals surface area contributed by atoms with Gasteiger partial charge in [0, 0.05) is 44.9 Å². The second kappa shape index (κ2) is 8.37. The van der Waals surface area contributed by atoms with Crippen LogP contribution in [0.5, 0.6) is 5.75 Å². The van der Waals surface area contributed by atoms with Crippen LogP contribution in [0, 0.1) is 11.3 Å². The van der Waals surface area contributed by atoms with Gasteiger partial charge in [-0.3, -0.25) is 4.79 Å². The molecule has 7 heteroatoms. The molecule has 1 aromatic heterocycles. The van der Waals surface area contributed by atoms with Gasteiger partial charge in [0.2, 0.25) is 0 Å². The van der Waals surface area contributed by atoms with Gasteiger partial charge in [0.15, 0.2) is 0 Å². The van der Waals surface area contributed by atoms with E-state index in [0.29, 0.717) is 31.0 Å². The molecule has 1 spiro atoms. The van der Waals surface area contributed by atoms with E-state index in [-0.39, 0.29) is 23.8 Å². The lowest BCUT2D eigenvalue weighted by molar-refractivity contribution is 0.0414. The van der Waals surface area contributed by atoms with Gasteiger partial charge in [-0.05, 0) is 43.4 Å². The van der Waals surface area contributed by atoms with Gasteiger partial charge in [0.05, 0.1) is 12.2 Å². The molecule has 7 nitrogen and oxygen atoms in total. The Morgan fingerprint density at radius 1 is 1.28 bits per heavy atom. The van der Waals surface area contributed by atoms with E-state index in [2.05, 4.69) is 14.9 Å². The number of nitrogens with zero attached hydrogens (tertiary/aromatic N) is 4. The van der Waals surface area contributed by atoms with Crippen LogP contribution < -0.4 is 9.64 Å². The summed E-state index contributed by atoms with van der Waals surface area (Å²) in [6.07, 6.45) is 5.06. The van der Waals surface area contributed by atoms with Gasteiger partial charge in [-0.15, -0.1) is 0 Å². The number of ether oxygens (including phenoxy) is 1. The smallest absolute Gasteiger partial charge is 0.257 e. The minimum Gasteiger partial charge on any atom is -0.493 e. The van der Waals surface area contributed by atoms with Crippen molar-refractivity contribution in [3.05, 3.63) is 48.4 Å². The summed E-state index contributed by atoms with van der Waals surface area (Å²) >= 11 is 0. The molecule has 29 heavy (non-hydrogen) atoms. The molecule has 2 fully saturated rings. The summed E-state index contributed by atoms with van der Waals surface area (Å²) in [5.74, 6) is 1.75. The topological polar surface area (TPSA) is 78.8 Å². The molecule has 1 amide bonds. The number of likely N-dealkylation sites (tertiary alicyclic amines) is 1. The third kappa shape index (κ3) is 3.79. The van der Waals surface area contributed by atoms with Crippen molar-refractivity contribution in [2.45, 2.75) is 19.8 Å². The summed E-state index contributed by atoms with van der Waals surface area (Å²) in [5, 5.41) is 10.0. The lowest BCUT2D eigenvalue weighted by Gasteiger charge is -2.42. The van der Waals surface area contributed by atoms with Gasteiger partial charge in [0.1, 0.15) is 17.9 Å². The van der Waals surface area contributed by atoms with E-state index >= 15 is 0 Å². The summed E-state index contributed by atoms with van der Waals surface area (Å²) in [6, 6.07) is 9.36. The van der Waals surface area contributed by atoms with E-state index in [4.69, 9.17) is 4.74 Å². The number of piperidine rings is 1. The summed E-state index contributed by atoms with van der Waals surface area (Å²) in [5.41, 5.74) is 0.633. The zero-order valence-corrected chi connectivity index (χ0v) is 16.8. The summed E-state index contributed by atoms with van der Waals surface area (Å²) in [7, 11) is 0. The molecule has 4 rings (SSSR count). The number of hydrogen-bond donors (Lipinski definition) is 1.